The molecule has 246 valence electrons. The van der Waals surface area contributed by atoms with Crippen molar-refractivity contribution in [1.82, 2.24) is 4.98 Å². The monoisotopic (exact) mass is 771 g/mol. The number of ether oxygens (including phenoxy) is 1. The molecule has 7 atom stereocenters. The van der Waals surface area contributed by atoms with E-state index < -0.39 is 11.8 Å². The van der Waals surface area contributed by atoms with E-state index in [1.165, 1.54) is 4.90 Å². The number of hydrogen-bond donors (Lipinski definition) is 2. The third-order valence-corrected chi connectivity index (χ3v) is 13.9. The first kappa shape index (κ1) is 31.1. The molecule has 2 bridgehead atoms. The number of imide groups is 1. The number of anilines is 2. The van der Waals surface area contributed by atoms with E-state index >= 15 is 0 Å². The van der Waals surface area contributed by atoms with Crippen molar-refractivity contribution in [2.45, 2.75) is 22.6 Å². The number of aromatic amines is 1. The molecule has 2 saturated carbocycles. The van der Waals surface area contributed by atoms with Gasteiger partial charge in [-0.05, 0) is 78.1 Å². The molecular formula is C37H27BrClN3O5S2. The number of hydrogen-bond acceptors (Lipinski definition) is 7. The minimum Gasteiger partial charge on any atom is -0.483 e. The van der Waals surface area contributed by atoms with Crippen LogP contribution in [-0.2, 0) is 14.4 Å². The van der Waals surface area contributed by atoms with E-state index in [0.29, 0.717) is 22.1 Å². The van der Waals surface area contributed by atoms with E-state index in [1.54, 1.807) is 36.0 Å². The number of aromatic nitrogens is 1. The lowest BCUT2D eigenvalue weighted by Crippen LogP contribution is -2.42. The van der Waals surface area contributed by atoms with Crippen molar-refractivity contribution in [3.63, 3.8) is 0 Å². The number of rotatable bonds is 6. The zero-order chi connectivity index (χ0) is 33.6. The van der Waals surface area contributed by atoms with Crippen molar-refractivity contribution in [3.05, 3.63) is 115 Å². The predicted octanol–water partition coefficient (Wildman–Crippen LogP) is 7.70. The summed E-state index contributed by atoms with van der Waals surface area (Å²) in [6.45, 7) is -0.241. The molecule has 4 unspecified atom stereocenters. The Kier molecular flexibility index (Phi) is 7.53. The second-order valence-electron chi connectivity index (χ2n) is 13.0. The van der Waals surface area contributed by atoms with Crippen molar-refractivity contribution in [1.29, 1.82) is 0 Å². The Bertz CT molecular complexity index is 2250. The fourth-order valence-electron chi connectivity index (χ4n) is 8.77. The number of fused-ring (bicyclic) bond motifs is 10. The molecule has 12 heteroatoms. The highest BCUT2D eigenvalue weighted by molar-refractivity contribution is 9.10. The smallest absolute Gasteiger partial charge is 0.305 e. The Balaban J connectivity index is 1.05. The van der Waals surface area contributed by atoms with Gasteiger partial charge < -0.3 is 15.0 Å². The number of thioether (sulfide) groups is 1. The van der Waals surface area contributed by atoms with Crippen molar-refractivity contribution >= 4 is 90.5 Å². The largest absolute Gasteiger partial charge is 0.483 e. The van der Waals surface area contributed by atoms with E-state index in [0.717, 1.165) is 48.5 Å². The first-order chi connectivity index (χ1) is 23.8. The minimum atomic E-state index is -0.447. The number of H-pyrrole nitrogens is 1. The van der Waals surface area contributed by atoms with Gasteiger partial charge in [-0.3, -0.25) is 24.1 Å². The molecule has 2 aliphatic heterocycles. The molecule has 2 aliphatic carbocycles. The standard InChI is InChI=1S/C37H27BrClN3O5S2/c38-18-8-11-20(12-9-18)42-35(44)30-23-15-24(31(30)36(42)45)32-29(23)28(33-34(48-32)41-37(46)49-33)22-14-19(39)10-13-26(22)47-16-27(43)40-25-7-3-5-17-4-1-2-6-21(17)25/h1-14,23-24,28-32H,15-16H2,(H,40,43)(H,41,46)/t23-,24-,28-,29?,30?,31?,32?/m1/s1. The fourth-order valence-corrected chi connectivity index (χ4v) is 12.1. The molecule has 8 nitrogen and oxygen atoms in total. The number of nitrogens with zero attached hydrogens (tertiary/aromatic N) is 1. The Labute approximate surface area is 302 Å². The Hall–Kier alpha value is -3.90. The van der Waals surface area contributed by atoms with Crippen LogP contribution in [0.15, 0.2) is 99.2 Å². The average Bonchev–Trinajstić information content (AvgIpc) is 3.83. The summed E-state index contributed by atoms with van der Waals surface area (Å²) in [7, 11) is 0. The lowest BCUT2D eigenvalue weighted by Gasteiger charge is -2.43. The molecule has 3 heterocycles. The highest BCUT2D eigenvalue weighted by Gasteiger charge is 2.69. The number of halogens is 2. The van der Waals surface area contributed by atoms with Gasteiger partial charge in [0, 0.05) is 42.2 Å². The summed E-state index contributed by atoms with van der Waals surface area (Å²) in [6.07, 6.45) is 0.753. The van der Waals surface area contributed by atoms with Gasteiger partial charge in [0.1, 0.15) is 5.75 Å². The van der Waals surface area contributed by atoms with Crippen molar-refractivity contribution < 1.29 is 19.1 Å². The summed E-state index contributed by atoms with van der Waals surface area (Å²) in [5.41, 5.74) is 2.04. The molecule has 2 N–H and O–H groups in total. The van der Waals surface area contributed by atoms with E-state index in [1.807, 2.05) is 60.7 Å². The Morgan fingerprint density at radius 1 is 0.959 bits per heavy atom. The van der Waals surface area contributed by atoms with Crippen LogP contribution in [0.4, 0.5) is 11.4 Å². The molecule has 1 saturated heterocycles. The van der Waals surface area contributed by atoms with Gasteiger partial charge in [-0.25, -0.2) is 0 Å². The highest BCUT2D eigenvalue weighted by Crippen LogP contribution is 2.69. The van der Waals surface area contributed by atoms with Crippen LogP contribution in [0.2, 0.25) is 5.02 Å². The molecule has 0 spiro atoms. The molecule has 3 fully saturated rings. The number of amides is 3. The first-order valence-corrected chi connectivity index (χ1v) is 18.9. The summed E-state index contributed by atoms with van der Waals surface area (Å²) in [5, 5.41) is 6.21. The van der Waals surface area contributed by atoms with E-state index in [2.05, 4.69) is 26.2 Å². The molecule has 4 aliphatic rings. The van der Waals surface area contributed by atoms with Gasteiger partial charge in [0.15, 0.2) is 6.61 Å². The molecule has 1 aromatic heterocycles. The maximum Gasteiger partial charge on any atom is 0.305 e. The molecular weight excluding hydrogens is 746 g/mol. The van der Waals surface area contributed by atoms with Crippen LogP contribution in [0.5, 0.6) is 5.75 Å². The van der Waals surface area contributed by atoms with Crippen LogP contribution in [0.3, 0.4) is 0 Å². The van der Waals surface area contributed by atoms with Gasteiger partial charge in [-0.2, -0.15) is 0 Å². The van der Waals surface area contributed by atoms with E-state index in [9.17, 15) is 19.2 Å². The lowest BCUT2D eigenvalue weighted by atomic mass is 9.68. The number of nitrogens with one attached hydrogen (secondary N) is 2. The first-order valence-electron chi connectivity index (χ1n) is 16.0. The van der Waals surface area contributed by atoms with Crippen LogP contribution in [0.25, 0.3) is 10.8 Å². The van der Waals surface area contributed by atoms with Gasteiger partial charge in [0.05, 0.1) is 22.5 Å². The third-order valence-electron chi connectivity index (χ3n) is 10.5. The number of carbonyl (C=O) groups excluding carboxylic acids is 3. The second-order valence-corrected chi connectivity index (χ2v) is 16.5. The third kappa shape index (κ3) is 4.99. The molecule has 9 rings (SSSR count). The van der Waals surface area contributed by atoms with Crippen molar-refractivity contribution in [3.8, 4) is 5.75 Å². The van der Waals surface area contributed by atoms with Crippen LogP contribution < -0.4 is 19.8 Å². The predicted molar refractivity (Wildman–Crippen MR) is 195 cm³/mol. The highest BCUT2D eigenvalue weighted by atomic mass is 79.9. The molecule has 49 heavy (non-hydrogen) atoms. The summed E-state index contributed by atoms with van der Waals surface area (Å²) in [6, 6.07) is 26.2. The Morgan fingerprint density at radius 3 is 2.53 bits per heavy atom. The van der Waals surface area contributed by atoms with Gasteiger partial charge in [-0.15, -0.1) is 11.8 Å². The maximum atomic E-state index is 14.1. The van der Waals surface area contributed by atoms with Crippen LogP contribution >= 0.6 is 50.6 Å². The Morgan fingerprint density at radius 2 is 1.71 bits per heavy atom. The number of thiazole rings is 1. The zero-order valence-corrected chi connectivity index (χ0v) is 29.6. The van der Waals surface area contributed by atoms with E-state index in [-0.39, 0.29) is 58.1 Å². The SMILES string of the molecule is O=C(COc1ccc(Cl)cc1[C@H]1c2sc(=O)[nH]c2SC2C1[C@H]1C[C@@H]2C2C(=O)N(c3ccc(Br)cc3)C(=O)C21)Nc1cccc2ccccc12. The second kappa shape index (κ2) is 11.9. The average molecular weight is 773 g/mol. The van der Waals surface area contributed by atoms with Crippen molar-refractivity contribution in [2.24, 2.45) is 29.6 Å². The lowest BCUT2D eigenvalue weighted by molar-refractivity contribution is -0.123. The summed E-state index contributed by atoms with van der Waals surface area (Å²) >= 11 is 12.9. The summed E-state index contributed by atoms with van der Waals surface area (Å²) < 4.78 is 7.12. The van der Waals surface area contributed by atoms with Crippen LogP contribution in [0, 0.1) is 29.6 Å². The molecule has 3 amide bonds. The van der Waals surface area contributed by atoms with Crippen LogP contribution in [0.1, 0.15) is 22.8 Å². The topological polar surface area (TPSA) is 109 Å². The van der Waals surface area contributed by atoms with Gasteiger partial charge in [0.25, 0.3) is 5.91 Å². The number of benzene rings is 4. The number of carbonyl (C=O) groups is 3. The van der Waals surface area contributed by atoms with Gasteiger partial charge in [0.2, 0.25) is 11.8 Å². The van der Waals surface area contributed by atoms with Crippen LogP contribution in [-0.4, -0.2) is 34.6 Å². The van der Waals surface area contributed by atoms with Gasteiger partial charge >= 0.3 is 4.87 Å². The maximum absolute atomic E-state index is 14.1. The van der Waals surface area contributed by atoms with E-state index in [4.69, 9.17) is 16.3 Å². The zero-order valence-electron chi connectivity index (χ0n) is 25.6. The normalized spacial score (nSPS) is 26.5. The molecule has 5 aromatic rings. The summed E-state index contributed by atoms with van der Waals surface area (Å²) in [4.78, 5) is 59.2. The molecule has 0 radical (unpaired) electrons. The summed E-state index contributed by atoms with van der Waals surface area (Å²) in [5.74, 6) is -1.47. The minimum absolute atomic E-state index is 0.00268. The fraction of sp³-hybridized carbons (Fsp3) is 0.243. The van der Waals surface area contributed by atoms with Crippen molar-refractivity contribution in [2.75, 3.05) is 16.8 Å². The molecule has 4 aromatic carbocycles. The quantitative estimate of drug-likeness (QED) is 0.171. The van der Waals surface area contributed by atoms with Gasteiger partial charge in [-0.1, -0.05) is 75.3 Å².